The van der Waals surface area contributed by atoms with E-state index in [-0.39, 0.29) is 12.2 Å². The van der Waals surface area contributed by atoms with E-state index >= 15 is 0 Å². The van der Waals surface area contributed by atoms with Crippen LogP contribution in [-0.4, -0.2) is 93.7 Å². The van der Waals surface area contributed by atoms with Crippen LogP contribution in [0.2, 0.25) is 0 Å². The zero-order valence-electron chi connectivity index (χ0n) is 17.4. The normalized spacial score (nSPS) is 27.9. The van der Waals surface area contributed by atoms with Crippen LogP contribution in [-0.2, 0) is 14.2 Å². The van der Waals surface area contributed by atoms with Crippen molar-refractivity contribution in [3.8, 4) is 0 Å². The second-order valence-electron chi connectivity index (χ2n) is 7.78. The molecule has 0 amide bonds. The predicted molar refractivity (Wildman–Crippen MR) is 116 cm³/mol. The molecule has 3 fully saturated rings. The third kappa shape index (κ3) is 5.49. The van der Waals surface area contributed by atoms with Crippen LogP contribution >= 0.6 is 11.3 Å². The molecule has 29 heavy (non-hydrogen) atoms. The van der Waals surface area contributed by atoms with Gasteiger partial charge in [0.2, 0.25) is 0 Å². The number of thiophene rings is 1. The van der Waals surface area contributed by atoms with Crippen LogP contribution in [0.15, 0.2) is 22.5 Å². The zero-order chi connectivity index (χ0) is 19.9. The molecule has 1 N–H and O–H groups in total. The Kier molecular flexibility index (Phi) is 7.79. The summed E-state index contributed by atoms with van der Waals surface area (Å²) in [5.41, 5.74) is 0. The highest BCUT2D eigenvalue weighted by Crippen LogP contribution is 2.27. The van der Waals surface area contributed by atoms with Crippen LogP contribution in [0.4, 0.5) is 0 Å². The van der Waals surface area contributed by atoms with Gasteiger partial charge in [0.25, 0.3) is 0 Å². The summed E-state index contributed by atoms with van der Waals surface area (Å²) < 4.78 is 17.5. The molecular formula is C21H34N4O3S. The summed E-state index contributed by atoms with van der Waals surface area (Å²) in [7, 11) is 0. The van der Waals surface area contributed by atoms with E-state index in [0.717, 1.165) is 84.5 Å². The summed E-state index contributed by atoms with van der Waals surface area (Å²) in [5.74, 6) is 0.994. The first-order valence-corrected chi connectivity index (χ1v) is 11.8. The molecule has 0 saturated carbocycles. The first-order valence-electron chi connectivity index (χ1n) is 11.0. The van der Waals surface area contributed by atoms with Gasteiger partial charge in [-0.3, -0.25) is 9.89 Å². The van der Waals surface area contributed by atoms with E-state index in [1.54, 1.807) is 0 Å². The van der Waals surface area contributed by atoms with Crippen LogP contribution in [0.5, 0.6) is 0 Å². The zero-order valence-corrected chi connectivity index (χ0v) is 18.2. The summed E-state index contributed by atoms with van der Waals surface area (Å²) in [6, 6.07) is 4.67. The highest BCUT2D eigenvalue weighted by atomic mass is 32.1. The van der Waals surface area contributed by atoms with Crippen molar-refractivity contribution in [1.29, 1.82) is 0 Å². The summed E-state index contributed by atoms with van der Waals surface area (Å²) >= 11 is 1.82. The maximum atomic E-state index is 6.03. The lowest BCUT2D eigenvalue weighted by molar-refractivity contribution is -0.0817. The Morgan fingerprint density at radius 1 is 1.21 bits per heavy atom. The molecule has 7 nitrogen and oxygen atoms in total. The molecule has 3 unspecified atom stereocenters. The molecule has 0 spiro atoms. The van der Waals surface area contributed by atoms with Crippen LogP contribution in [0, 0.1) is 0 Å². The van der Waals surface area contributed by atoms with E-state index in [1.807, 2.05) is 11.3 Å². The molecule has 3 saturated heterocycles. The molecule has 0 aromatic carbocycles. The Morgan fingerprint density at radius 3 is 2.79 bits per heavy atom. The van der Waals surface area contributed by atoms with Gasteiger partial charge in [0.05, 0.1) is 38.5 Å². The Hall–Kier alpha value is -1.19. The minimum absolute atomic E-state index is 0.141. The summed E-state index contributed by atoms with van der Waals surface area (Å²) in [5, 5.41) is 5.67. The number of nitrogens with zero attached hydrogens (tertiary/aromatic N) is 3. The van der Waals surface area contributed by atoms with Gasteiger partial charge < -0.3 is 24.4 Å². The van der Waals surface area contributed by atoms with Crippen molar-refractivity contribution in [2.75, 3.05) is 65.7 Å². The quantitative estimate of drug-likeness (QED) is 0.559. The topological polar surface area (TPSA) is 58.6 Å². The molecule has 1 aromatic heterocycles. The molecule has 4 rings (SSSR count). The molecule has 8 heteroatoms. The highest BCUT2D eigenvalue weighted by molar-refractivity contribution is 7.10. The van der Waals surface area contributed by atoms with Gasteiger partial charge in [-0.2, -0.15) is 0 Å². The van der Waals surface area contributed by atoms with Crippen LogP contribution in [0.25, 0.3) is 0 Å². The van der Waals surface area contributed by atoms with Crippen molar-refractivity contribution < 1.29 is 14.2 Å². The largest absolute Gasteiger partial charge is 0.379 e. The molecule has 3 aliphatic rings. The molecule has 162 valence electrons. The molecule has 1 aromatic rings. The highest BCUT2D eigenvalue weighted by Gasteiger charge is 2.32. The van der Waals surface area contributed by atoms with E-state index in [9.17, 15) is 0 Å². The fraction of sp³-hybridized carbons (Fsp3) is 0.762. The number of nitrogens with one attached hydrogen (secondary N) is 1. The van der Waals surface area contributed by atoms with Gasteiger partial charge in [0.15, 0.2) is 5.96 Å². The van der Waals surface area contributed by atoms with Crippen molar-refractivity contribution in [2.45, 2.75) is 38.0 Å². The smallest absolute Gasteiger partial charge is 0.194 e. The van der Waals surface area contributed by atoms with E-state index in [2.05, 4.69) is 39.6 Å². The fourth-order valence-corrected chi connectivity index (χ4v) is 5.19. The molecular weight excluding hydrogens is 388 g/mol. The molecule has 3 atom stereocenters. The van der Waals surface area contributed by atoms with Crippen molar-refractivity contribution in [3.05, 3.63) is 22.4 Å². The van der Waals surface area contributed by atoms with E-state index in [0.29, 0.717) is 6.04 Å². The fourth-order valence-electron chi connectivity index (χ4n) is 4.34. The summed E-state index contributed by atoms with van der Waals surface area (Å²) in [6.45, 7) is 10.6. The van der Waals surface area contributed by atoms with Gasteiger partial charge in [-0.15, -0.1) is 11.3 Å². The van der Waals surface area contributed by atoms with Crippen molar-refractivity contribution >= 4 is 17.3 Å². The monoisotopic (exact) mass is 422 g/mol. The summed E-state index contributed by atoms with van der Waals surface area (Å²) in [6.07, 6.45) is 2.61. The van der Waals surface area contributed by atoms with Crippen molar-refractivity contribution in [2.24, 2.45) is 4.99 Å². The van der Waals surface area contributed by atoms with Crippen molar-refractivity contribution in [1.82, 2.24) is 15.1 Å². The molecule has 0 bridgehead atoms. The van der Waals surface area contributed by atoms with Gasteiger partial charge in [-0.05, 0) is 31.2 Å². The molecule has 3 aliphatic heterocycles. The molecule has 0 radical (unpaired) electrons. The standard InChI is InChI=1S/C21H34N4O3S/c1-2-22-21(25-9-13-28-19(16-25)18-5-3-10-27-18)23-15-17(20-6-4-14-29-20)24-7-11-26-12-8-24/h4,6,14,17-19H,2-3,5,7-13,15-16H2,1H3,(H,22,23). The maximum absolute atomic E-state index is 6.03. The Morgan fingerprint density at radius 2 is 2.07 bits per heavy atom. The number of ether oxygens (including phenoxy) is 3. The predicted octanol–water partition coefficient (Wildman–Crippen LogP) is 1.97. The van der Waals surface area contributed by atoms with Gasteiger partial charge in [-0.1, -0.05) is 6.07 Å². The lowest BCUT2D eigenvalue weighted by atomic mass is 10.1. The van der Waals surface area contributed by atoms with E-state index in [1.165, 1.54) is 4.88 Å². The first-order chi connectivity index (χ1) is 14.3. The second-order valence-corrected chi connectivity index (χ2v) is 8.76. The van der Waals surface area contributed by atoms with E-state index in [4.69, 9.17) is 19.2 Å². The number of hydrogen-bond acceptors (Lipinski definition) is 6. The third-order valence-electron chi connectivity index (χ3n) is 5.88. The van der Waals surface area contributed by atoms with Crippen LogP contribution in [0.3, 0.4) is 0 Å². The van der Waals surface area contributed by atoms with Gasteiger partial charge >= 0.3 is 0 Å². The average Bonchev–Trinajstić information content (AvgIpc) is 3.49. The molecule has 0 aliphatic carbocycles. The number of hydrogen-bond donors (Lipinski definition) is 1. The minimum atomic E-state index is 0.141. The molecule has 4 heterocycles. The SMILES string of the molecule is CCNC(=NCC(c1cccs1)N1CCOCC1)N1CCOC(C2CCCO2)C1. The Balaban J connectivity index is 1.45. The lowest BCUT2D eigenvalue weighted by Crippen LogP contribution is -2.53. The Bertz CT molecular complexity index is 630. The van der Waals surface area contributed by atoms with E-state index < -0.39 is 0 Å². The first kappa shape index (κ1) is 21.1. The number of morpholine rings is 2. The maximum Gasteiger partial charge on any atom is 0.194 e. The van der Waals surface area contributed by atoms with Gasteiger partial charge in [-0.25, -0.2) is 0 Å². The third-order valence-corrected chi connectivity index (χ3v) is 6.85. The second kappa shape index (κ2) is 10.7. The van der Waals surface area contributed by atoms with Crippen LogP contribution < -0.4 is 5.32 Å². The van der Waals surface area contributed by atoms with Gasteiger partial charge in [0, 0.05) is 44.2 Å². The lowest BCUT2D eigenvalue weighted by Gasteiger charge is -2.37. The number of guanidine groups is 1. The van der Waals surface area contributed by atoms with Gasteiger partial charge in [0.1, 0.15) is 6.10 Å². The minimum Gasteiger partial charge on any atom is -0.379 e. The average molecular weight is 423 g/mol. The van der Waals surface area contributed by atoms with Crippen LogP contribution in [0.1, 0.15) is 30.7 Å². The Labute approximate surface area is 178 Å². The van der Waals surface area contributed by atoms with Crippen molar-refractivity contribution in [3.63, 3.8) is 0 Å². The summed E-state index contributed by atoms with van der Waals surface area (Å²) in [4.78, 5) is 11.3. The number of rotatable bonds is 6. The number of aliphatic imine (C=N–C) groups is 1.